The lowest BCUT2D eigenvalue weighted by molar-refractivity contribution is -0.132. The van der Waals surface area contributed by atoms with E-state index in [1.807, 2.05) is 12.2 Å². The first-order valence-corrected chi connectivity index (χ1v) is 9.97. The highest BCUT2D eigenvalue weighted by Crippen LogP contribution is 2.52. The molecule has 4 unspecified atom stereocenters. The third-order valence-electron chi connectivity index (χ3n) is 5.75. The number of anilines is 1. The van der Waals surface area contributed by atoms with E-state index in [4.69, 9.17) is 32.5 Å². The largest absolute Gasteiger partial charge is 0.360 e. The minimum Gasteiger partial charge on any atom is -0.360 e. The maximum atomic E-state index is 13.2. The van der Waals surface area contributed by atoms with E-state index < -0.39 is 23.5 Å². The number of benzene rings is 1. The number of nitrogens with zero attached hydrogens (tertiary/aromatic N) is 2. The summed E-state index contributed by atoms with van der Waals surface area (Å²) in [5, 5.41) is 7.72. The molecule has 1 N–H and O–H groups in total. The molecule has 4 heterocycles. The molecule has 1 aromatic heterocycles. The van der Waals surface area contributed by atoms with Gasteiger partial charge in [-0.2, -0.15) is 0 Å². The van der Waals surface area contributed by atoms with Crippen LogP contribution in [0.4, 0.5) is 5.82 Å². The molecule has 2 bridgehead atoms. The van der Waals surface area contributed by atoms with Crippen molar-refractivity contribution in [1.82, 2.24) is 10.5 Å². The smallest absolute Gasteiger partial charge is 0.235 e. The fraction of sp³-hybridized carbons (Fsp3) is 0.350. The summed E-state index contributed by atoms with van der Waals surface area (Å²) >= 11 is 12.0. The van der Waals surface area contributed by atoms with E-state index in [-0.39, 0.29) is 18.4 Å². The van der Waals surface area contributed by atoms with Crippen LogP contribution < -0.4 is 10.2 Å². The van der Waals surface area contributed by atoms with Crippen LogP contribution in [0.3, 0.4) is 0 Å². The van der Waals surface area contributed by atoms with Crippen LogP contribution in [0, 0.1) is 18.8 Å². The van der Waals surface area contributed by atoms with Gasteiger partial charge in [0, 0.05) is 12.6 Å². The van der Waals surface area contributed by atoms with Crippen molar-refractivity contribution in [2.24, 2.45) is 11.8 Å². The van der Waals surface area contributed by atoms with Gasteiger partial charge in [0.05, 0.1) is 34.5 Å². The molecule has 1 spiro atoms. The summed E-state index contributed by atoms with van der Waals surface area (Å²) in [4.78, 5) is 27.7. The Bertz CT molecular complexity index is 1050. The predicted octanol–water partition coefficient (Wildman–Crippen LogP) is 2.89. The summed E-state index contributed by atoms with van der Waals surface area (Å²) in [6.07, 6.45) is 3.35. The van der Waals surface area contributed by atoms with Crippen molar-refractivity contribution >= 4 is 40.8 Å². The van der Waals surface area contributed by atoms with Crippen LogP contribution in [0.15, 0.2) is 40.9 Å². The van der Waals surface area contributed by atoms with E-state index >= 15 is 0 Å². The Morgan fingerprint density at radius 3 is 2.90 bits per heavy atom. The number of ether oxygens (including phenoxy) is 1. The van der Waals surface area contributed by atoms with Crippen molar-refractivity contribution in [1.29, 1.82) is 0 Å². The molecule has 0 radical (unpaired) electrons. The van der Waals surface area contributed by atoms with E-state index in [0.717, 1.165) is 5.56 Å². The molecule has 29 heavy (non-hydrogen) atoms. The highest BCUT2D eigenvalue weighted by molar-refractivity contribution is 6.42. The first kappa shape index (κ1) is 18.7. The van der Waals surface area contributed by atoms with Crippen LogP contribution in [0.25, 0.3) is 0 Å². The lowest BCUT2D eigenvalue weighted by Crippen LogP contribution is -2.44. The Morgan fingerprint density at radius 2 is 2.17 bits per heavy atom. The summed E-state index contributed by atoms with van der Waals surface area (Å²) < 4.78 is 11.2. The first-order valence-electron chi connectivity index (χ1n) is 9.21. The molecule has 4 atom stereocenters. The summed E-state index contributed by atoms with van der Waals surface area (Å²) in [5.74, 6) is -0.564. The van der Waals surface area contributed by atoms with E-state index in [9.17, 15) is 9.59 Å². The second-order valence-electron chi connectivity index (χ2n) is 7.59. The normalized spacial score (nSPS) is 29.6. The summed E-state index contributed by atoms with van der Waals surface area (Å²) in [7, 11) is 0. The van der Waals surface area contributed by atoms with Crippen LogP contribution >= 0.6 is 23.2 Å². The lowest BCUT2D eigenvalue weighted by atomic mass is 9.77. The zero-order valence-corrected chi connectivity index (χ0v) is 16.9. The topological polar surface area (TPSA) is 84.7 Å². The number of rotatable bonds is 4. The summed E-state index contributed by atoms with van der Waals surface area (Å²) in [6, 6.07) is 6.88. The van der Waals surface area contributed by atoms with Gasteiger partial charge in [-0.1, -0.05) is 46.6 Å². The van der Waals surface area contributed by atoms with Crippen LogP contribution in [0.1, 0.15) is 11.3 Å². The monoisotopic (exact) mass is 433 g/mol. The maximum Gasteiger partial charge on any atom is 0.235 e. The van der Waals surface area contributed by atoms with Crippen molar-refractivity contribution < 1.29 is 18.8 Å². The second kappa shape index (κ2) is 6.58. The van der Waals surface area contributed by atoms with Gasteiger partial charge < -0.3 is 14.6 Å². The summed E-state index contributed by atoms with van der Waals surface area (Å²) in [5.41, 5.74) is 0.0136. The zero-order valence-electron chi connectivity index (χ0n) is 15.4. The molecule has 3 aliphatic rings. The molecule has 2 saturated heterocycles. The number of amides is 2. The SMILES string of the molecule is Cc1cc(N2CC34C=CC(O3)C(C(=O)NCc3ccc(Cl)c(Cl)c3)C4C2=O)no1. The molecule has 2 aromatic rings. The van der Waals surface area contributed by atoms with Gasteiger partial charge in [-0.25, -0.2) is 0 Å². The van der Waals surface area contributed by atoms with Gasteiger partial charge in [0.25, 0.3) is 0 Å². The molecule has 2 amide bonds. The van der Waals surface area contributed by atoms with Gasteiger partial charge in [0.2, 0.25) is 11.8 Å². The number of carbonyl (C=O) groups excluding carboxylic acids is 2. The van der Waals surface area contributed by atoms with Crippen molar-refractivity contribution in [2.75, 3.05) is 11.4 Å². The molecule has 7 nitrogen and oxygen atoms in total. The lowest BCUT2D eigenvalue weighted by Gasteiger charge is -2.23. The Morgan fingerprint density at radius 1 is 1.34 bits per heavy atom. The van der Waals surface area contributed by atoms with Gasteiger partial charge in [-0.05, 0) is 24.6 Å². The third-order valence-corrected chi connectivity index (χ3v) is 6.48. The van der Waals surface area contributed by atoms with Crippen molar-refractivity contribution in [3.05, 3.63) is 57.8 Å². The highest BCUT2D eigenvalue weighted by Gasteiger charge is 2.67. The minimum absolute atomic E-state index is 0.181. The number of nitrogens with one attached hydrogen (secondary N) is 1. The number of aromatic nitrogens is 1. The quantitative estimate of drug-likeness (QED) is 0.749. The van der Waals surface area contributed by atoms with Crippen LogP contribution in [-0.2, 0) is 20.9 Å². The number of fused-ring (bicyclic) bond motifs is 1. The molecule has 3 aliphatic heterocycles. The van der Waals surface area contributed by atoms with E-state index in [0.29, 0.717) is 28.2 Å². The maximum absolute atomic E-state index is 13.2. The number of aryl methyl sites for hydroxylation is 1. The molecule has 5 rings (SSSR count). The average molecular weight is 434 g/mol. The molecular formula is C20H17Cl2N3O4. The minimum atomic E-state index is -0.805. The van der Waals surface area contributed by atoms with Crippen molar-refractivity contribution in [2.45, 2.75) is 25.2 Å². The average Bonchev–Trinajstić information content (AvgIpc) is 3.43. The predicted molar refractivity (Wildman–Crippen MR) is 106 cm³/mol. The Kier molecular flexibility index (Phi) is 4.24. The van der Waals surface area contributed by atoms with Crippen molar-refractivity contribution in [3.8, 4) is 0 Å². The van der Waals surface area contributed by atoms with Crippen LogP contribution in [0.2, 0.25) is 10.0 Å². The Labute approximate surface area is 176 Å². The number of hydrogen-bond donors (Lipinski definition) is 1. The Hall–Kier alpha value is -2.35. The molecule has 0 saturated carbocycles. The molecular weight excluding hydrogens is 417 g/mol. The van der Waals surface area contributed by atoms with Gasteiger partial charge in [-0.15, -0.1) is 0 Å². The van der Waals surface area contributed by atoms with E-state index in [1.54, 1.807) is 31.2 Å². The molecule has 150 valence electrons. The zero-order chi connectivity index (χ0) is 20.3. The third kappa shape index (κ3) is 2.87. The number of carbonyl (C=O) groups is 2. The van der Waals surface area contributed by atoms with E-state index in [2.05, 4.69) is 10.5 Å². The van der Waals surface area contributed by atoms with Crippen molar-refractivity contribution in [3.63, 3.8) is 0 Å². The van der Waals surface area contributed by atoms with Crippen LogP contribution in [0.5, 0.6) is 0 Å². The summed E-state index contributed by atoms with van der Waals surface area (Å²) in [6.45, 7) is 2.35. The molecule has 0 aliphatic carbocycles. The van der Waals surface area contributed by atoms with Gasteiger partial charge in [0.1, 0.15) is 11.4 Å². The molecule has 1 aromatic carbocycles. The fourth-order valence-corrected chi connectivity index (χ4v) is 4.75. The number of hydrogen-bond acceptors (Lipinski definition) is 5. The van der Waals surface area contributed by atoms with Gasteiger partial charge >= 0.3 is 0 Å². The van der Waals surface area contributed by atoms with Gasteiger partial charge in [0.15, 0.2) is 5.82 Å². The first-order chi connectivity index (χ1) is 13.9. The highest BCUT2D eigenvalue weighted by atomic mass is 35.5. The molecule has 9 heteroatoms. The van der Waals surface area contributed by atoms with E-state index in [1.165, 1.54) is 4.90 Å². The standard InChI is InChI=1S/C20H17Cl2N3O4/c1-10-6-15(24-29-10)25-9-20-5-4-14(28-20)16(17(20)19(25)27)18(26)23-8-11-2-3-12(21)13(22)7-11/h2-7,14,16-17H,8-9H2,1H3,(H,23,26). The fourth-order valence-electron chi connectivity index (χ4n) is 4.43. The second-order valence-corrected chi connectivity index (χ2v) is 8.40. The Balaban J connectivity index is 1.36. The van der Waals surface area contributed by atoms with Crippen LogP contribution in [-0.4, -0.2) is 35.2 Å². The molecule has 2 fully saturated rings. The number of halogens is 2. The van der Waals surface area contributed by atoms with Gasteiger partial charge in [-0.3, -0.25) is 14.5 Å².